The summed E-state index contributed by atoms with van der Waals surface area (Å²) >= 11 is 1.20. The molecule has 1 amide bonds. The number of rotatable bonds is 8. The Morgan fingerprint density at radius 3 is 2.71 bits per heavy atom. The van der Waals surface area contributed by atoms with E-state index in [2.05, 4.69) is 31.5 Å². The maximum Gasteiger partial charge on any atom is 0.235 e. The van der Waals surface area contributed by atoms with E-state index < -0.39 is 0 Å². The average Bonchev–Trinajstić information content (AvgIpc) is 3.58. The smallest absolute Gasteiger partial charge is 0.235 e. The highest BCUT2D eigenvalue weighted by molar-refractivity contribution is 7.99. The SMILES string of the molecule is COc1ccc(OC)c(-n2nnnc2SCC(=O)Nc2c(C#N)c(C)c(C)n2C2CCCC2)c1. The molecule has 0 saturated heterocycles. The Morgan fingerprint density at radius 1 is 1.26 bits per heavy atom. The third-order valence-electron chi connectivity index (χ3n) is 6.20. The van der Waals surface area contributed by atoms with Crippen LogP contribution in [0.5, 0.6) is 11.5 Å². The van der Waals surface area contributed by atoms with Gasteiger partial charge in [-0.3, -0.25) is 4.79 Å². The maximum atomic E-state index is 13.0. The molecule has 0 atom stereocenters. The number of nitrogens with zero attached hydrogens (tertiary/aromatic N) is 6. The first kappa shape index (κ1) is 23.6. The van der Waals surface area contributed by atoms with Crippen molar-refractivity contribution < 1.29 is 14.3 Å². The zero-order chi connectivity index (χ0) is 24.2. The van der Waals surface area contributed by atoms with Crippen molar-refractivity contribution in [2.24, 2.45) is 0 Å². The molecule has 4 rings (SSSR count). The summed E-state index contributed by atoms with van der Waals surface area (Å²) < 4.78 is 14.4. The van der Waals surface area contributed by atoms with Gasteiger partial charge < -0.3 is 19.4 Å². The predicted octanol–water partition coefficient (Wildman–Crippen LogP) is 3.82. The van der Waals surface area contributed by atoms with E-state index >= 15 is 0 Å². The van der Waals surface area contributed by atoms with Gasteiger partial charge >= 0.3 is 0 Å². The highest BCUT2D eigenvalue weighted by Crippen LogP contribution is 2.38. The number of ether oxygens (including phenoxy) is 2. The van der Waals surface area contributed by atoms with Gasteiger partial charge in [0, 0.05) is 17.8 Å². The molecule has 10 nitrogen and oxygen atoms in total. The molecule has 0 radical (unpaired) electrons. The summed E-state index contributed by atoms with van der Waals surface area (Å²) in [4.78, 5) is 13.0. The summed E-state index contributed by atoms with van der Waals surface area (Å²) in [5, 5.41) is 25.1. The summed E-state index contributed by atoms with van der Waals surface area (Å²) in [5.41, 5.74) is 3.06. The number of carbonyl (C=O) groups excluding carboxylic acids is 1. The second-order valence-corrected chi connectivity index (χ2v) is 9.04. The summed E-state index contributed by atoms with van der Waals surface area (Å²) in [6, 6.07) is 7.88. The molecule has 1 fully saturated rings. The molecule has 0 spiro atoms. The summed E-state index contributed by atoms with van der Waals surface area (Å²) in [7, 11) is 3.14. The molecular weight excluding hydrogens is 454 g/mol. The molecular formula is C23H27N7O3S. The van der Waals surface area contributed by atoms with Crippen LogP contribution >= 0.6 is 11.8 Å². The fourth-order valence-corrected chi connectivity index (χ4v) is 5.07. The van der Waals surface area contributed by atoms with E-state index in [1.165, 1.54) is 16.4 Å². The van der Waals surface area contributed by atoms with Crippen LogP contribution in [0.25, 0.3) is 5.69 Å². The molecule has 3 aromatic rings. The fourth-order valence-electron chi connectivity index (χ4n) is 4.39. The number of benzene rings is 1. The van der Waals surface area contributed by atoms with Gasteiger partial charge in [0.05, 0.1) is 25.5 Å². The molecule has 1 aliphatic carbocycles. The molecule has 2 aromatic heterocycles. The highest BCUT2D eigenvalue weighted by atomic mass is 32.2. The van der Waals surface area contributed by atoms with Crippen LogP contribution in [0.1, 0.15) is 48.5 Å². The average molecular weight is 482 g/mol. The standard InChI is InChI=1S/C23H27N7O3S/c1-14-15(2)29(16-7-5-6-8-16)22(18(14)12-24)25-21(31)13-34-23-26-27-28-30(23)19-11-17(32-3)9-10-20(19)33-4/h9-11,16H,5-8,13H2,1-4H3,(H,25,31). The number of amides is 1. The molecule has 178 valence electrons. The minimum absolute atomic E-state index is 0.0749. The van der Waals surface area contributed by atoms with Gasteiger partial charge in [-0.2, -0.15) is 9.94 Å². The number of tetrazole rings is 1. The van der Waals surface area contributed by atoms with Crippen LogP contribution in [-0.4, -0.2) is 50.7 Å². The minimum Gasteiger partial charge on any atom is -0.497 e. The fraction of sp³-hybridized carbons (Fsp3) is 0.435. The van der Waals surface area contributed by atoms with Gasteiger partial charge in [0.15, 0.2) is 0 Å². The van der Waals surface area contributed by atoms with Crippen LogP contribution in [-0.2, 0) is 4.79 Å². The first-order chi connectivity index (χ1) is 16.5. The molecule has 11 heteroatoms. The number of aromatic nitrogens is 5. The van der Waals surface area contributed by atoms with Crippen molar-refractivity contribution >= 4 is 23.5 Å². The molecule has 1 aromatic carbocycles. The van der Waals surface area contributed by atoms with Crippen LogP contribution in [0.3, 0.4) is 0 Å². The lowest BCUT2D eigenvalue weighted by Gasteiger charge is -2.19. The second-order valence-electron chi connectivity index (χ2n) is 8.10. The van der Waals surface area contributed by atoms with E-state index in [4.69, 9.17) is 9.47 Å². The molecule has 0 unspecified atom stereocenters. The summed E-state index contributed by atoms with van der Waals surface area (Å²) in [6.07, 6.45) is 4.41. The van der Waals surface area contributed by atoms with E-state index in [1.807, 2.05) is 13.8 Å². The van der Waals surface area contributed by atoms with E-state index in [0.29, 0.717) is 39.8 Å². The summed E-state index contributed by atoms with van der Waals surface area (Å²) in [5.74, 6) is 1.63. The molecule has 2 heterocycles. The second kappa shape index (κ2) is 10.2. The quantitative estimate of drug-likeness (QED) is 0.482. The summed E-state index contributed by atoms with van der Waals surface area (Å²) in [6.45, 7) is 3.94. The monoisotopic (exact) mass is 481 g/mol. The number of methoxy groups -OCH3 is 2. The van der Waals surface area contributed by atoms with Gasteiger partial charge in [-0.15, -0.1) is 5.10 Å². The Bertz CT molecular complexity index is 1240. The lowest BCUT2D eigenvalue weighted by atomic mass is 10.2. The van der Waals surface area contributed by atoms with Crippen LogP contribution in [0.2, 0.25) is 0 Å². The number of thioether (sulfide) groups is 1. The topological polar surface area (TPSA) is 120 Å². The third kappa shape index (κ3) is 4.46. The largest absolute Gasteiger partial charge is 0.497 e. The van der Waals surface area contributed by atoms with Crippen LogP contribution in [0.15, 0.2) is 23.4 Å². The first-order valence-corrected chi connectivity index (χ1v) is 12.0. The van der Waals surface area contributed by atoms with E-state index in [1.54, 1.807) is 32.4 Å². The van der Waals surface area contributed by atoms with Gasteiger partial charge in [0.2, 0.25) is 11.1 Å². The maximum absolute atomic E-state index is 13.0. The number of nitrogens with one attached hydrogen (secondary N) is 1. The number of anilines is 1. The lowest BCUT2D eigenvalue weighted by molar-refractivity contribution is -0.113. The zero-order valence-corrected chi connectivity index (χ0v) is 20.5. The van der Waals surface area contributed by atoms with Crippen molar-refractivity contribution in [2.45, 2.75) is 50.7 Å². The Morgan fingerprint density at radius 2 is 2.03 bits per heavy atom. The number of hydrogen-bond acceptors (Lipinski definition) is 8. The van der Waals surface area contributed by atoms with Gasteiger partial charge in [-0.1, -0.05) is 24.6 Å². The normalized spacial score (nSPS) is 13.6. The van der Waals surface area contributed by atoms with Crippen LogP contribution < -0.4 is 14.8 Å². The minimum atomic E-state index is -0.231. The number of hydrogen-bond donors (Lipinski definition) is 1. The Balaban J connectivity index is 1.54. The predicted molar refractivity (Wildman–Crippen MR) is 128 cm³/mol. The van der Waals surface area contributed by atoms with Gasteiger partial charge in [0.1, 0.15) is 29.1 Å². The molecule has 0 bridgehead atoms. The van der Waals surface area contributed by atoms with Gasteiger partial charge in [-0.25, -0.2) is 0 Å². The van der Waals surface area contributed by atoms with Crippen molar-refractivity contribution in [3.8, 4) is 23.3 Å². The van der Waals surface area contributed by atoms with Crippen LogP contribution in [0, 0.1) is 25.2 Å². The Labute approximate surface area is 202 Å². The highest BCUT2D eigenvalue weighted by Gasteiger charge is 2.27. The van der Waals surface area contributed by atoms with Gasteiger partial charge in [-0.05, 0) is 54.8 Å². The molecule has 1 N–H and O–H groups in total. The number of carbonyl (C=O) groups is 1. The molecule has 0 aliphatic heterocycles. The van der Waals surface area contributed by atoms with Crippen molar-refractivity contribution in [3.63, 3.8) is 0 Å². The Hall–Kier alpha value is -3.52. The van der Waals surface area contributed by atoms with Crippen molar-refractivity contribution in [1.29, 1.82) is 5.26 Å². The zero-order valence-electron chi connectivity index (χ0n) is 19.7. The Kier molecular flexibility index (Phi) is 7.07. The lowest BCUT2D eigenvalue weighted by Crippen LogP contribution is -2.20. The van der Waals surface area contributed by atoms with Crippen molar-refractivity contribution in [3.05, 3.63) is 35.0 Å². The number of nitriles is 1. The van der Waals surface area contributed by atoms with Crippen molar-refractivity contribution in [1.82, 2.24) is 24.8 Å². The molecule has 1 aliphatic rings. The third-order valence-corrected chi connectivity index (χ3v) is 7.12. The molecule has 34 heavy (non-hydrogen) atoms. The first-order valence-electron chi connectivity index (χ1n) is 11.0. The van der Waals surface area contributed by atoms with Crippen molar-refractivity contribution in [2.75, 3.05) is 25.3 Å². The van der Waals surface area contributed by atoms with E-state index in [-0.39, 0.29) is 11.7 Å². The van der Waals surface area contributed by atoms with E-state index in [0.717, 1.165) is 36.9 Å². The van der Waals surface area contributed by atoms with E-state index in [9.17, 15) is 10.1 Å². The van der Waals surface area contributed by atoms with Crippen LogP contribution in [0.4, 0.5) is 5.82 Å². The molecule has 1 saturated carbocycles. The van der Waals surface area contributed by atoms with Gasteiger partial charge in [0.25, 0.3) is 0 Å².